The molecule has 0 spiro atoms. The molecule has 2 amide bonds. The van der Waals surface area contributed by atoms with Gasteiger partial charge in [-0.1, -0.05) is 19.1 Å². The molecule has 0 radical (unpaired) electrons. The quantitative estimate of drug-likeness (QED) is 0.792. The number of carbonyl (C=O) groups is 2. The maximum absolute atomic E-state index is 12.6. The summed E-state index contributed by atoms with van der Waals surface area (Å²) >= 11 is 0. The number of carbonyl (C=O) groups excluding carboxylic acids is 2. The van der Waals surface area contributed by atoms with Crippen LogP contribution in [-0.2, 0) is 15.9 Å². The second-order valence-electron chi connectivity index (χ2n) is 8.39. The first-order valence-electron chi connectivity index (χ1n) is 10.2. The Bertz CT molecular complexity index is 899. The Morgan fingerprint density at radius 1 is 1.30 bits per heavy atom. The summed E-state index contributed by atoms with van der Waals surface area (Å²) < 4.78 is 11.3. The van der Waals surface area contributed by atoms with Gasteiger partial charge in [-0.15, -0.1) is 0 Å². The number of aromatic nitrogens is 2. The zero-order valence-electron chi connectivity index (χ0n) is 18.2. The Hall–Kier alpha value is -2.87. The van der Waals surface area contributed by atoms with Gasteiger partial charge in [0.1, 0.15) is 11.7 Å². The number of anilines is 1. The van der Waals surface area contributed by atoms with E-state index in [9.17, 15) is 9.59 Å². The van der Waals surface area contributed by atoms with Crippen LogP contribution in [0.4, 0.5) is 10.6 Å². The van der Waals surface area contributed by atoms with E-state index in [1.54, 1.807) is 17.0 Å². The largest absolute Gasteiger partial charge is 0.444 e. The smallest absolute Gasteiger partial charge is 0.410 e. The molecule has 8 nitrogen and oxygen atoms in total. The molecule has 1 unspecified atom stereocenters. The van der Waals surface area contributed by atoms with Crippen LogP contribution in [0.25, 0.3) is 0 Å². The van der Waals surface area contributed by atoms with E-state index >= 15 is 0 Å². The minimum absolute atomic E-state index is 0.223. The van der Waals surface area contributed by atoms with Gasteiger partial charge in [0.05, 0.1) is 13.2 Å². The maximum atomic E-state index is 12.6. The number of H-pyrrole nitrogens is 1. The van der Waals surface area contributed by atoms with Crippen LogP contribution in [0.1, 0.15) is 61.0 Å². The molecule has 2 aromatic rings. The van der Waals surface area contributed by atoms with E-state index in [0.29, 0.717) is 31.1 Å². The summed E-state index contributed by atoms with van der Waals surface area (Å²) in [7, 11) is 0. The van der Waals surface area contributed by atoms with Crippen LogP contribution in [0.5, 0.6) is 0 Å². The molecule has 2 heterocycles. The van der Waals surface area contributed by atoms with E-state index in [1.165, 1.54) is 0 Å². The molecule has 3 rings (SSSR count). The van der Waals surface area contributed by atoms with Gasteiger partial charge in [-0.25, -0.2) is 4.79 Å². The van der Waals surface area contributed by atoms with E-state index < -0.39 is 5.60 Å². The van der Waals surface area contributed by atoms with Gasteiger partial charge in [0.25, 0.3) is 5.91 Å². The zero-order chi connectivity index (χ0) is 21.9. The minimum Gasteiger partial charge on any atom is -0.444 e. The van der Waals surface area contributed by atoms with Crippen LogP contribution in [0.15, 0.2) is 24.3 Å². The lowest BCUT2D eigenvalue weighted by Crippen LogP contribution is -2.44. The van der Waals surface area contributed by atoms with E-state index in [-0.39, 0.29) is 18.1 Å². The fraction of sp³-hybridized carbons (Fsp3) is 0.500. The van der Waals surface area contributed by atoms with E-state index in [2.05, 4.69) is 15.5 Å². The molecule has 1 fully saturated rings. The van der Waals surface area contributed by atoms with Gasteiger partial charge >= 0.3 is 6.09 Å². The van der Waals surface area contributed by atoms with Gasteiger partial charge < -0.3 is 19.7 Å². The number of nitrogens with one attached hydrogen (secondary N) is 2. The molecule has 30 heavy (non-hydrogen) atoms. The molecule has 1 saturated heterocycles. The summed E-state index contributed by atoms with van der Waals surface area (Å²) in [5.74, 6) is 0.322. The highest BCUT2D eigenvalue weighted by atomic mass is 16.6. The first-order chi connectivity index (χ1) is 14.2. The molecular weight excluding hydrogens is 384 g/mol. The number of nitrogens with zero attached hydrogens (tertiary/aromatic N) is 2. The molecule has 1 aliphatic heterocycles. The van der Waals surface area contributed by atoms with Gasteiger partial charge in [0.15, 0.2) is 5.82 Å². The van der Waals surface area contributed by atoms with Crippen molar-refractivity contribution in [3.63, 3.8) is 0 Å². The van der Waals surface area contributed by atoms with Crippen LogP contribution in [0.2, 0.25) is 0 Å². The average molecular weight is 415 g/mol. The van der Waals surface area contributed by atoms with E-state index in [1.807, 2.05) is 46.8 Å². The first kappa shape index (κ1) is 21.8. The Balaban J connectivity index is 1.64. The number of morpholine rings is 1. The Kier molecular flexibility index (Phi) is 6.45. The molecule has 1 aromatic heterocycles. The molecule has 0 aliphatic carbocycles. The van der Waals surface area contributed by atoms with Crippen LogP contribution in [0, 0.1) is 6.92 Å². The summed E-state index contributed by atoms with van der Waals surface area (Å²) in [6.45, 7) is 10.8. The predicted octanol–water partition coefficient (Wildman–Crippen LogP) is 3.84. The number of aryl methyl sites for hydroxylation is 1. The van der Waals surface area contributed by atoms with Crippen molar-refractivity contribution >= 4 is 17.8 Å². The number of hydrogen-bond donors (Lipinski definition) is 2. The highest BCUT2D eigenvalue weighted by Crippen LogP contribution is 2.24. The van der Waals surface area contributed by atoms with Crippen molar-refractivity contribution in [1.82, 2.24) is 15.1 Å². The third-order valence-electron chi connectivity index (χ3n) is 4.96. The normalized spacial score (nSPS) is 17.0. The predicted molar refractivity (Wildman–Crippen MR) is 114 cm³/mol. The van der Waals surface area contributed by atoms with Crippen molar-refractivity contribution in [3.05, 3.63) is 46.6 Å². The second-order valence-corrected chi connectivity index (χ2v) is 8.39. The van der Waals surface area contributed by atoms with Gasteiger partial charge in [0, 0.05) is 23.4 Å². The van der Waals surface area contributed by atoms with Crippen molar-refractivity contribution in [1.29, 1.82) is 0 Å². The third kappa shape index (κ3) is 5.18. The molecule has 8 heteroatoms. The summed E-state index contributed by atoms with van der Waals surface area (Å²) in [6, 6.07) is 7.21. The number of ether oxygens (including phenoxy) is 2. The Morgan fingerprint density at radius 2 is 2.00 bits per heavy atom. The summed E-state index contributed by atoms with van der Waals surface area (Å²) in [4.78, 5) is 26.6. The zero-order valence-corrected chi connectivity index (χ0v) is 18.2. The third-order valence-corrected chi connectivity index (χ3v) is 4.96. The number of aromatic amines is 1. The van der Waals surface area contributed by atoms with Crippen molar-refractivity contribution in [2.45, 2.75) is 52.7 Å². The lowest BCUT2D eigenvalue weighted by atomic mass is 10.0. The second kappa shape index (κ2) is 8.87. The molecule has 1 aliphatic rings. The number of rotatable bonds is 4. The topological polar surface area (TPSA) is 96.6 Å². The number of amides is 2. The van der Waals surface area contributed by atoms with Crippen molar-refractivity contribution in [2.24, 2.45) is 0 Å². The first-order valence-corrected chi connectivity index (χ1v) is 10.2. The van der Waals surface area contributed by atoms with Gasteiger partial charge in [-0.05, 0) is 51.8 Å². The van der Waals surface area contributed by atoms with Crippen LogP contribution < -0.4 is 5.32 Å². The van der Waals surface area contributed by atoms with Gasteiger partial charge in [-0.3, -0.25) is 9.89 Å². The fourth-order valence-corrected chi connectivity index (χ4v) is 3.27. The molecule has 0 bridgehead atoms. The SMILES string of the molecule is CCc1[nH]nc(NC(=O)c2ccc(C3CN(C(=O)OC(C)(C)C)CCO3)cc2)c1C. The lowest BCUT2D eigenvalue weighted by molar-refractivity contribution is -0.0432. The Morgan fingerprint density at radius 3 is 2.60 bits per heavy atom. The molecular formula is C22H30N4O4. The van der Waals surface area contributed by atoms with Crippen molar-refractivity contribution in [2.75, 3.05) is 25.0 Å². The number of benzene rings is 1. The van der Waals surface area contributed by atoms with Gasteiger partial charge in [-0.2, -0.15) is 5.10 Å². The molecule has 0 saturated carbocycles. The molecule has 1 aromatic carbocycles. The summed E-state index contributed by atoms with van der Waals surface area (Å²) in [5.41, 5.74) is 2.85. The highest BCUT2D eigenvalue weighted by Gasteiger charge is 2.29. The standard InChI is InChI=1S/C22H30N4O4/c1-6-17-14(2)19(25-24-17)23-20(27)16-9-7-15(8-10-16)18-13-26(11-12-29-18)21(28)30-22(3,4)5/h7-10,18H,6,11-13H2,1-5H3,(H2,23,24,25,27). The average Bonchev–Trinajstić information content (AvgIpc) is 3.06. The van der Waals surface area contributed by atoms with Crippen molar-refractivity contribution in [3.8, 4) is 0 Å². The highest BCUT2D eigenvalue weighted by molar-refractivity contribution is 6.04. The van der Waals surface area contributed by atoms with E-state index in [4.69, 9.17) is 9.47 Å². The maximum Gasteiger partial charge on any atom is 0.410 e. The summed E-state index contributed by atoms with van der Waals surface area (Å²) in [6.07, 6.45) is 0.224. The van der Waals surface area contributed by atoms with E-state index in [0.717, 1.165) is 23.2 Å². The fourth-order valence-electron chi connectivity index (χ4n) is 3.27. The molecule has 2 N–H and O–H groups in total. The monoisotopic (exact) mass is 414 g/mol. The van der Waals surface area contributed by atoms with Crippen LogP contribution in [-0.4, -0.2) is 52.4 Å². The Labute approximate surface area is 176 Å². The van der Waals surface area contributed by atoms with Crippen LogP contribution >= 0.6 is 0 Å². The van der Waals surface area contributed by atoms with Gasteiger partial charge in [0.2, 0.25) is 0 Å². The van der Waals surface area contributed by atoms with Crippen LogP contribution in [0.3, 0.4) is 0 Å². The number of hydrogen-bond acceptors (Lipinski definition) is 5. The molecule has 1 atom stereocenters. The summed E-state index contributed by atoms with van der Waals surface area (Å²) in [5, 5.41) is 9.95. The van der Waals surface area contributed by atoms with Crippen molar-refractivity contribution < 1.29 is 19.1 Å². The molecule has 162 valence electrons. The lowest BCUT2D eigenvalue weighted by Gasteiger charge is -2.34. The minimum atomic E-state index is -0.537.